The molecular formula is C30H34F3N3. The van der Waals surface area contributed by atoms with Crippen molar-refractivity contribution in [3.05, 3.63) is 78.5 Å². The van der Waals surface area contributed by atoms with Crippen LogP contribution in [0.5, 0.6) is 0 Å². The first-order valence-electron chi connectivity index (χ1n) is 13.2. The zero-order valence-corrected chi connectivity index (χ0v) is 20.6. The summed E-state index contributed by atoms with van der Waals surface area (Å²) in [5, 5.41) is 3.76. The van der Waals surface area contributed by atoms with Crippen LogP contribution in [0.1, 0.15) is 50.5 Å². The van der Waals surface area contributed by atoms with E-state index in [9.17, 15) is 13.2 Å². The normalized spacial score (nSPS) is 22.9. The highest BCUT2D eigenvalue weighted by atomic mass is 19.4. The number of hydrogen-bond acceptors (Lipinski definition) is 3. The predicted octanol–water partition coefficient (Wildman–Crippen LogP) is 8.04. The number of benzene rings is 2. The molecule has 2 aliphatic rings. The van der Waals surface area contributed by atoms with Crippen LogP contribution in [0, 0.1) is 11.8 Å². The average Bonchev–Trinajstić information content (AvgIpc) is 2.90. The highest BCUT2D eigenvalue weighted by Crippen LogP contribution is 2.36. The Balaban J connectivity index is 1.23. The zero-order valence-electron chi connectivity index (χ0n) is 20.6. The lowest BCUT2D eigenvalue weighted by Crippen LogP contribution is -2.39. The number of aromatic nitrogens is 1. The molecule has 1 saturated heterocycles. The molecule has 0 unspecified atom stereocenters. The lowest BCUT2D eigenvalue weighted by Gasteiger charge is -2.39. The Labute approximate surface area is 211 Å². The Morgan fingerprint density at radius 2 is 1.64 bits per heavy atom. The van der Waals surface area contributed by atoms with Crippen molar-refractivity contribution in [1.82, 2.24) is 4.98 Å². The maximum atomic E-state index is 13.0. The van der Waals surface area contributed by atoms with E-state index in [2.05, 4.69) is 51.6 Å². The predicted molar refractivity (Wildman–Crippen MR) is 140 cm³/mol. The van der Waals surface area contributed by atoms with Gasteiger partial charge in [0.15, 0.2) is 0 Å². The maximum absolute atomic E-state index is 13.0. The van der Waals surface area contributed by atoms with Gasteiger partial charge in [0.2, 0.25) is 0 Å². The molecule has 0 radical (unpaired) electrons. The fourth-order valence-electron chi connectivity index (χ4n) is 5.97. The van der Waals surface area contributed by atoms with Gasteiger partial charge in [-0.05, 0) is 91.5 Å². The molecule has 190 valence electrons. The number of anilines is 2. The number of hydrogen-bond donors (Lipinski definition) is 1. The van der Waals surface area contributed by atoms with Gasteiger partial charge in [-0.2, -0.15) is 13.2 Å². The minimum Gasteiger partial charge on any atom is -0.371 e. The summed E-state index contributed by atoms with van der Waals surface area (Å²) in [6.07, 6.45) is 5.86. The molecule has 2 aromatic carbocycles. The van der Waals surface area contributed by atoms with Gasteiger partial charge in [-0.3, -0.25) is 0 Å². The lowest BCUT2D eigenvalue weighted by atomic mass is 9.77. The molecule has 3 aromatic rings. The minimum absolute atomic E-state index is 0.402. The van der Waals surface area contributed by atoms with E-state index in [1.54, 1.807) is 12.1 Å². The van der Waals surface area contributed by atoms with Crippen LogP contribution < -0.4 is 10.2 Å². The van der Waals surface area contributed by atoms with Gasteiger partial charge in [-0.1, -0.05) is 43.2 Å². The average molecular weight is 494 g/mol. The molecule has 2 heterocycles. The fourth-order valence-corrected chi connectivity index (χ4v) is 5.97. The smallest absolute Gasteiger partial charge is 0.371 e. The summed E-state index contributed by atoms with van der Waals surface area (Å²) < 4.78 is 38.9. The van der Waals surface area contributed by atoms with Crippen molar-refractivity contribution in [1.29, 1.82) is 0 Å². The van der Waals surface area contributed by atoms with Crippen LogP contribution in [0.3, 0.4) is 0 Å². The zero-order chi connectivity index (χ0) is 25.0. The van der Waals surface area contributed by atoms with Crippen LogP contribution in [0.25, 0.3) is 11.1 Å². The molecule has 3 nitrogen and oxygen atoms in total. The highest BCUT2D eigenvalue weighted by molar-refractivity contribution is 5.66. The molecule has 6 heteroatoms. The van der Waals surface area contributed by atoms with Gasteiger partial charge < -0.3 is 10.2 Å². The third-order valence-electron chi connectivity index (χ3n) is 7.82. The SMILES string of the molecule is FC(F)(F)c1ccc(N2CCC[C@H](C[C@@H]3CCCC[C@H]3Nc3cc(-c4ccccc4)ccn3)C2)cc1. The second-order valence-electron chi connectivity index (χ2n) is 10.3. The Bertz CT molecular complexity index is 1110. The maximum Gasteiger partial charge on any atom is 0.416 e. The van der Waals surface area contributed by atoms with E-state index in [0.29, 0.717) is 17.9 Å². The van der Waals surface area contributed by atoms with Crippen molar-refractivity contribution in [2.24, 2.45) is 11.8 Å². The summed E-state index contributed by atoms with van der Waals surface area (Å²) in [4.78, 5) is 6.89. The molecular weight excluding hydrogens is 459 g/mol. The molecule has 1 saturated carbocycles. The molecule has 0 bridgehead atoms. The van der Waals surface area contributed by atoms with Crippen LogP contribution in [-0.4, -0.2) is 24.1 Å². The number of halogens is 3. The Morgan fingerprint density at radius 1 is 0.861 bits per heavy atom. The molecule has 1 aliphatic carbocycles. The Hall–Kier alpha value is -3.02. The number of nitrogens with one attached hydrogen (secondary N) is 1. The van der Waals surface area contributed by atoms with Gasteiger partial charge >= 0.3 is 6.18 Å². The second-order valence-corrected chi connectivity index (χ2v) is 10.3. The molecule has 2 fully saturated rings. The van der Waals surface area contributed by atoms with Crippen LogP contribution in [-0.2, 0) is 6.18 Å². The summed E-state index contributed by atoms with van der Waals surface area (Å²) in [5.74, 6) is 2.07. The number of nitrogens with zero attached hydrogens (tertiary/aromatic N) is 2. The van der Waals surface area contributed by atoms with Gasteiger partial charge in [-0.25, -0.2) is 4.98 Å². The van der Waals surface area contributed by atoms with Crippen molar-refractivity contribution in [2.75, 3.05) is 23.3 Å². The van der Waals surface area contributed by atoms with Crippen LogP contribution in [0.15, 0.2) is 72.9 Å². The largest absolute Gasteiger partial charge is 0.416 e. The molecule has 1 N–H and O–H groups in total. The number of alkyl halides is 3. The van der Waals surface area contributed by atoms with E-state index in [4.69, 9.17) is 0 Å². The van der Waals surface area contributed by atoms with Crippen molar-refractivity contribution in [3.8, 4) is 11.1 Å². The first kappa shape index (κ1) is 24.7. The summed E-state index contributed by atoms with van der Waals surface area (Å²) in [6, 6.07) is 20.6. The summed E-state index contributed by atoms with van der Waals surface area (Å²) in [5.41, 5.74) is 2.67. The van der Waals surface area contributed by atoms with Gasteiger partial charge in [0, 0.05) is 31.0 Å². The molecule has 1 aliphatic heterocycles. The monoisotopic (exact) mass is 493 g/mol. The van der Waals surface area contributed by atoms with Gasteiger partial charge in [0.05, 0.1) is 5.56 Å². The van der Waals surface area contributed by atoms with E-state index in [-0.39, 0.29) is 0 Å². The molecule has 36 heavy (non-hydrogen) atoms. The molecule has 0 amide bonds. The fraction of sp³-hybridized carbons (Fsp3) is 0.433. The summed E-state index contributed by atoms with van der Waals surface area (Å²) >= 11 is 0. The van der Waals surface area contributed by atoms with Crippen LogP contribution >= 0.6 is 0 Å². The highest BCUT2D eigenvalue weighted by Gasteiger charge is 2.32. The number of piperidine rings is 1. The van der Waals surface area contributed by atoms with E-state index in [0.717, 1.165) is 43.9 Å². The van der Waals surface area contributed by atoms with Gasteiger partial charge in [0.25, 0.3) is 0 Å². The van der Waals surface area contributed by atoms with Crippen LogP contribution in [0.4, 0.5) is 24.7 Å². The van der Waals surface area contributed by atoms with Crippen molar-refractivity contribution in [2.45, 2.75) is 57.2 Å². The first-order chi connectivity index (χ1) is 17.5. The van der Waals surface area contributed by atoms with Crippen molar-refractivity contribution < 1.29 is 13.2 Å². The molecule has 0 spiro atoms. The van der Waals surface area contributed by atoms with E-state index in [1.807, 2.05) is 12.3 Å². The van der Waals surface area contributed by atoms with Crippen molar-refractivity contribution in [3.63, 3.8) is 0 Å². The minimum atomic E-state index is -4.29. The second kappa shape index (κ2) is 10.9. The van der Waals surface area contributed by atoms with E-state index in [1.165, 1.54) is 48.9 Å². The van der Waals surface area contributed by atoms with Gasteiger partial charge in [0.1, 0.15) is 5.82 Å². The standard InChI is InChI=1S/C30H34F3N3/c31-30(32,33)26-12-14-27(15-13-26)36-18-6-7-22(21-36)19-25-10-4-5-11-28(25)35-29-20-24(16-17-34-29)23-8-2-1-3-9-23/h1-3,8-9,12-17,20,22,25,28H,4-7,10-11,18-19,21H2,(H,34,35)/t22-,25+,28-/m1/s1. The number of rotatable bonds is 6. The molecule has 3 atom stereocenters. The van der Waals surface area contributed by atoms with Crippen LogP contribution in [0.2, 0.25) is 0 Å². The third kappa shape index (κ3) is 6.03. The Kier molecular flexibility index (Phi) is 7.49. The summed E-state index contributed by atoms with van der Waals surface area (Å²) in [7, 11) is 0. The van der Waals surface area contributed by atoms with E-state index < -0.39 is 11.7 Å². The first-order valence-corrected chi connectivity index (χ1v) is 13.2. The number of pyridine rings is 1. The Morgan fingerprint density at radius 3 is 2.42 bits per heavy atom. The molecule has 1 aromatic heterocycles. The van der Waals surface area contributed by atoms with Gasteiger partial charge in [-0.15, -0.1) is 0 Å². The third-order valence-corrected chi connectivity index (χ3v) is 7.82. The van der Waals surface area contributed by atoms with E-state index >= 15 is 0 Å². The molecule has 5 rings (SSSR count). The summed E-state index contributed by atoms with van der Waals surface area (Å²) in [6.45, 7) is 1.82. The quantitative estimate of drug-likeness (QED) is 0.377. The topological polar surface area (TPSA) is 28.2 Å². The van der Waals surface area contributed by atoms with Crippen molar-refractivity contribution >= 4 is 11.5 Å². The lowest BCUT2D eigenvalue weighted by molar-refractivity contribution is -0.137.